The molecule has 4 nitrogen and oxygen atoms in total. The van der Waals surface area contributed by atoms with Crippen LogP contribution in [0.5, 0.6) is 0 Å². The number of ether oxygens (including phenoxy) is 1. The minimum Gasteiger partial charge on any atom is -0.460 e. The van der Waals surface area contributed by atoms with E-state index in [1.165, 1.54) is 0 Å². The van der Waals surface area contributed by atoms with Gasteiger partial charge in [-0.25, -0.2) is 0 Å². The first-order chi connectivity index (χ1) is 11.6. The highest BCUT2D eigenvalue weighted by Crippen LogP contribution is 2.17. The van der Waals surface area contributed by atoms with E-state index in [-0.39, 0.29) is 25.2 Å². The third-order valence-electron chi connectivity index (χ3n) is 3.43. The molecule has 5 heteroatoms. The van der Waals surface area contributed by atoms with Crippen molar-refractivity contribution >= 4 is 23.4 Å². The zero-order valence-electron chi connectivity index (χ0n) is 13.0. The first-order valence-electron chi connectivity index (χ1n) is 7.48. The average Bonchev–Trinajstić information content (AvgIpc) is 2.59. The van der Waals surface area contributed by atoms with Crippen LogP contribution in [-0.2, 0) is 27.4 Å². The quantitative estimate of drug-likeness (QED) is 0.566. The Morgan fingerprint density at radius 1 is 1.12 bits per heavy atom. The summed E-state index contributed by atoms with van der Waals surface area (Å²) in [7, 11) is 0. The lowest BCUT2D eigenvalue weighted by atomic mass is 10.1. The molecule has 0 fully saturated rings. The topological polar surface area (TPSA) is 67.2 Å². The van der Waals surface area contributed by atoms with E-state index < -0.39 is 5.97 Å². The van der Waals surface area contributed by atoms with Gasteiger partial charge < -0.3 is 4.74 Å². The minimum absolute atomic E-state index is 0.0478. The monoisotopic (exact) mass is 341 g/mol. The molecule has 0 spiro atoms. The molecule has 122 valence electrons. The Labute approximate surface area is 145 Å². The van der Waals surface area contributed by atoms with Crippen molar-refractivity contribution in [3.05, 3.63) is 70.2 Å². The molecule has 0 aliphatic heterocycles. The van der Waals surface area contributed by atoms with Crippen LogP contribution in [-0.4, -0.2) is 11.8 Å². The van der Waals surface area contributed by atoms with Gasteiger partial charge in [0.1, 0.15) is 18.8 Å². The van der Waals surface area contributed by atoms with E-state index in [2.05, 4.69) is 0 Å². The Morgan fingerprint density at radius 3 is 2.67 bits per heavy atom. The summed E-state index contributed by atoms with van der Waals surface area (Å²) in [4.78, 5) is 23.6. The fourth-order valence-corrected chi connectivity index (χ4v) is 2.40. The highest BCUT2D eigenvalue weighted by atomic mass is 35.5. The average molecular weight is 342 g/mol. The van der Waals surface area contributed by atoms with Crippen LogP contribution < -0.4 is 0 Å². The van der Waals surface area contributed by atoms with Crippen LogP contribution in [0.25, 0.3) is 0 Å². The zero-order valence-corrected chi connectivity index (χ0v) is 13.8. The maximum atomic E-state index is 11.9. The number of hydrogen-bond acceptors (Lipinski definition) is 4. The van der Waals surface area contributed by atoms with E-state index in [1.54, 1.807) is 30.3 Å². The van der Waals surface area contributed by atoms with Gasteiger partial charge in [0.25, 0.3) is 0 Å². The van der Waals surface area contributed by atoms with Gasteiger partial charge in [0.05, 0.1) is 11.6 Å². The summed E-state index contributed by atoms with van der Waals surface area (Å²) in [5, 5.41) is 9.44. The molecule has 0 aliphatic carbocycles. The molecule has 0 heterocycles. The third-order valence-corrected chi connectivity index (χ3v) is 3.80. The van der Waals surface area contributed by atoms with Crippen molar-refractivity contribution < 1.29 is 14.3 Å². The molecule has 0 N–H and O–H groups in total. The van der Waals surface area contributed by atoms with Crippen molar-refractivity contribution in [2.24, 2.45) is 0 Å². The number of ketones is 1. The summed E-state index contributed by atoms with van der Waals surface area (Å²) >= 11 is 6.03. The van der Waals surface area contributed by atoms with Crippen molar-refractivity contribution in [3.8, 4) is 6.07 Å². The SMILES string of the molecule is N#Cc1cccc(COC(=O)CC(=O)CCc2ccccc2Cl)c1. The number of aryl methyl sites for hydroxylation is 1. The van der Waals surface area contributed by atoms with E-state index in [4.69, 9.17) is 21.6 Å². The van der Waals surface area contributed by atoms with Crippen LogP contribution in [0.1, 0.15) is 29.5 Å². The predicted octanol–water partition coefficient (Wildman–Crippen LogP) is 3.85. The Kier molecular flexibility index (Phi) is 6.53. The molecule has 2 rings (SSSR count). The van der Waals surface area contributed by atoms with Crippen molar-refractivity contribution in [1.29, 1.82) is 5.26 Å². The van der Waals surface area contributed by atoms with Crippen LogP contribution >= 0.6 is 11.6 Å². The first-order valence-corrected chi connectivity index (χ1v) is 7.86. The second-order valence-electron chi connectivity index (χ2n) is 5.28. The number of hydrogen-bond donors (Lipinski definition) is 0. The number of rotatable bonds is 7. The molecule has 2 aromatic rings. The van der Waals surface area contributed by atoms with Crippen LogP contribution in [0, 0.1) is 11.3 Å². The lowest BCUT2D eigenvalue weighted by Gasteiger charge is -2.06. The highest BCUT2D eigenvalue weighted by molar-refractivity contribution is 6.31. The lowest BCUT2D eigenvalue weighted by Crippen LogP contribution is -2.12. The summed E-state index contributed by atoms with van der Waals surface area (Å²) in [6.45, 7) is 0.0478. The van der Waals surface area contributed by atoms with Crippen LogP contribution in [0.15, 0.2) is 48.5 Å². The molecular formula is C19H16ClNO3. The number of nitriles is 1. The summed E-state index contributed by atoms with van der Waals surface area (Å²) in [5.74, 6) is -0.757. The largest absolute Gasteiger partial charge is 0.460 e. The molecule has 2 aromatic carbocycles. The molecule has 0 saturated heterocycles. The maximum Gasteiger partial charge on any atom is 0.313 e. The Bertz CT molecular complexity index is 780. The minimum atomic E-state index is -0.568. The van der Waals surface area contributed by atoms with Crippen LogP contribution in [0.2, 0.25) is 5.02 Å². The van der Waals surface area contributed by atoms with Gasteiger partial charge >= 0.3 is 5.97 Å². The molecule has 0 aromatic heterocycles. The summed E-state index contributed by atoms with van der Waals surface area (Å²) in [6.07, 6.45) is 0.473. The van der Waals surface area contributed by atoms with E-state index in [9.17, 15) is 9.59 Å². The molecule has 0 bridgehead atoms. The van der Waals surface area contributed by atoms with Crippen molar-refractivity contribution in [2.75, 3.05) is 0 Å². The number of halogens is 1. The van der Waals surface area contributed by atoms with Gasteiger partial charge in [-0.05, 0) is 35.7 Å². The molecule has 0 saturated carbocycles. The number of carbonyl (C=O) groups is 2. The van der Waals surface area contributed by atoms with Crippen LogP contribution in [0.4, 0.5) is 0 Å². The molecule has 24 heavy (non-hydrogen) atoms. The van der Waals surface area contributed by atoms with E-state index >= 15 is 0 Å². The molecule has 0 unspecified atom stereocenters. The molecule has 0 radical (unpaired) electrons. The first kappa shape index (κ1) is 17.7. The van der Waals surface area contributed by atoms with Gasteiger partial charge in [0.2, 0.25) is 0 Å². The van der Waals surface area contributed by atoms with Gasteiger partial charge in [-0.3, -0.25) is 9.59 Å². The highest BCUT2D eigenvalue weighted by Gasteiger charge is 2.12. The van der Waals surface area contributed by atoms with E-state index in [0.717, 1.165) is 5.56 Å². The van der Waals surface area contributed by atoms with Crippen molar-refractivity contribution in [1.82, 2.24) is 0 Å². The molecule has 0 atom stereocenters. The van der Waals surface area contributed by atoms with Gasteiger partial charge in [-0.1, -0.05) is 41.9 Å². The number of benzene rings is 2. The fraction of sp³-hybridized carbons (Fsp3) is 0.211. The summed E-state index contributed by atoms with van der Waals surface area (Å²) in [6, 6.07) is 16.1. The van der Waals surface area contributed by atoms with E-state index in [0.29, 0.717) is 22.6 Å². The predicted molar refractivity (Wildman–Crippen MR) is 90.4 cm³/mol. The lowest BCUT2D eigenvalue weighted by molar-refractivity contribution is -0.147. The number of Topliss-reactive ketones (excluding diaryl/α,β-unsaturated/α-hetero) is 1. The van der Waals surface area contributed by atoms with Gasteiger partial charge in [-0.15, -0.1) is 0 Å². The second kappa shape index (κ2) is 8.85. The summed E-state index contributed by atoms with van der Waals surface area (Å²) in [5.41, 5.74) is 2.10. The Balaban J connectivity index is 1.76. The summed E-state index contributed by atoms with van der Waals surface area (Å²) < 4.78 is 5.08. The van der Waals surface area contributed by atoms with Crippen molar-refractivity contribution in [3.63, 3.8) is 0 Å². The molecule has 0 amide bonds. The Morgan fingerprint density at radius 2 is 1.92 bits per heavy atom. The van der Waals surface area contributed by atoms with Crippen LogP contribution in [0.3, 0.4) is 0 Å². The fourth-order valence-electron chi connectivity index (χ4n) is 2.17. The number of carbonyl (C=O) groups excluding carboxylic acids is 2. The Hall–Kier alpha value is -2.64. The standard InChI is InChI=1S/C19H16ClNO3/c20-18-7-2-1-6-16(18)8-9-17(22)11-19(23)24-13-15-5-3-4-14(10-15)12-21/h1-7,10H,8-9,11,13H2. The molecular weight excluding hydrogens is 326 g/mol. The van der Waals surface area contributed by atoms with E-state index in [1.807, 2.05) is 24.3 Å². The number of esters is 1. The van der Waals surface area contributed by atoms with Gasteiger partial charge in [0, 0.05) is 11.4 Å². The second-order valence-corrected chi connectivity index (χ2v) is 5.69. The van der Waals surface area contributed by atoms with Gasteiger partial charge in [-0.2, -0.15) is 5.26 Å². The van der Waals surface area contributed by atoms with Crippen molar-refractivity contribution in [2.45, 2.75) is 25.9 Å². The third kappa shape index (κ3) is 5.53. The smallest absolute Gasteiger partial charge is 0.313 e. The molecule has 0 aliphatic rings. The number of nitrogens with zero attached hydrogens (tertiary/aromatic N) is 1. The zero-order chi connectivity index (χ0) is 17.4. The normalized spacial score (nSPS) is 10.0. The van der Waals surface area contributed by atoms with Gasteiger partial charge in [0.15, 0.2) is 0 Å². The maximum absolute atomic E-state index is 11.9.